The number of esters is 1. The Labute approximate surface area is 186 Å². The lowest BCUT2D eigenvalue weighted by molar-refractivity contribution is -0.144. The van der Waals surface area contributed by atoms with Crippen molar-refractivity contribution in [2.24, 2.45) is 0 Å². The highest BCUT2D eigenvalue weighted by molar-refractivity contribution is 5.94. The van der Waals surface area contributed by atoms with Crippen LogP contribution >= 0.6 is 0 Å². The normalized spacial score (nSPS) is 14.2. The molecule has 1 saturated heterocycles. The maximum Gasteiger partial charge on any atom is 0.328 e. The van der Waals surface area contributed by atoms with E-state index in [-0.39, 0.29) is 12.5 Å². The molecule has 3 amide bonds. The number of carbonyl (C=O) groups is 3. The Morgan fingerprint density at radius 3 is 2.56 bits per heavy atom. The fourth-order valence-corrected chi connectivity index (χ4v) is 3.32. The Morgan fingerprint density at radius 1 is 1.22 bits per heavy atom. The number of ether oxygens (including phenoxy) is 1. The summed E-state index contributed by atoms with van der Waals surface area (Å²) in [4.78, 5) is 44.0. The number of benzene rings is 1. The predicted molar refractivity (Wildman–Crippen MR) is 116 cm³/mol. The first-order valence-corrected chi connectivity index (χ1v) is 10.8. The van der Waals surface area contributed by atoms with Crippen LogP contribution in [0.2, 0.25) is 0 Å². The van der Waals surface area contributed by atoms with E-state index < -0.39 is 18.0 Å². The Bertz CT molecular complexity index is 936. The van der Waals surface area contributed by atoms with Crippen LogP contribution in [0.5, 0.6) is 0 Å². The van der Waals surface area contributed by atoms with Gasteiger partial charge in [-0.3, -0.25) is 4.79 Å². The molecule has 1 aliphatic rings. The molecular formula is C22H29N5O5. The summed E-state index contributed by atoms with van der Waals surface area (Å²) >= 11 is 0. The Kier molecular flexibility index (Phi) is 7.80. The lowest BCUT2D eigenvalue weighted by Crippen LogP contribution is -2.46. The van der Waals surface area contributed by atoms with Crippen molar-refractivity contribution >= 4 is 17.9 Å². The zero-order valence-electron chi connectivity index (χ0n) is 18.7. The SMILES string of the molecule is CCOC(=O)[C@@H](C)NC(=O)N(C)CCc1noc(-c2ccc(C(=O)N3CCCC3)cc2)n1. The van der Waals surface area contributed by atoms with E-state index in [1.807, 2.05) is 4.90 Å². The van der Waals surface area contributed by atoms with Crippen LogP contribution in [0.1, 0.15) is 42.9 Å². The molecule has 1 fully saturated rings. The van der Waals surface area contributed by atoms with Gasteiger partial charge in [0.2, 0.25) is 0 Å². The van der Waals surface area contributed by atoms with Gasteiger partial charge in [-0.1, -0.05) is 5.16 Å². The van der Waals surface area contributed by atoms with Gasteiger partial charge in [-0.2, -0.15) is 4.98 Å². The van der Waals surface area contributed by atoms with Crippen LogP contribution in [-0.2, 0) is 16.0 Å². The number of urea groups is 1. The van der Waals surface area contributed by atoms with E-state index in [1.165, 1.54) is 4.90 Å². The summed E-state index contributed by atoms with van der Waals surface area (Å²) in [5, 5.41) is 6.55. The molecule has 10 heteroatoms. The van der Waals surface area contributed by atoms with Crippen molar-refractivity contribution in [1.29, 1.82) is 0 Å². The maximum atomic E-state index is 12.5. The largest absolute Gasteiger partial charge is 0.464 e. The third kappa shape index (κ3) is 5.83. The minimum absolute atomic E-state index is 0.0406. The quantitative estimate of drug-likeness (QED) is 0.621. The third-order valence-electron chi connectivity index (χ3n) is 5.24. The zero-order chi connectivity index (χ0) is 23.1. The molecule has 0 saturated carbocycles. The molecule has 1 aliphatic heterocycles. The molecule has 172 valence electrons. The van der Waals surface area contributed by atoms with Crippen LogP contribution in [0.25, 0.3) is 11.5 Å². The number of hydrogen-bond donors (Lipinski definition) is 1. The van der Waals surface area contributed by atoms with Crippen molar-refractivity contribution in [3.63, 3.8) is 0 Å². The monoisotopic (exact) mass is 443 g/mol. The number of nitrogens with zero attached hydrogens (tertiary/aromatic N) is 4. The summed E-state index contributed by atoms with van der Waals surface area (Å²) in [5.41, 5.74) is 1.36. The summed E-state index contributed by atoms with van der Waals surface area (Å²) in [5.74, 6) is 0.364. The van der Waals surface area contributed by atoms with Crippen molar-refractivity contribution in [1.82, 2.24) is 25.3 Å². The molecule has 1 atom stereocenters. The first kappa shape index (κ1) is 23.2. The van der Waals surface area contributed by atoms with E-state index in [2.05, 4.69) is 15.5 Å². The number of amides is 3. The van der Waals surface area contributed by atoms with Gasteiger partial charge in [0.15, 0.2) is 5.82 Å². The molecule has 10 nitrogen and oxygen atoms in total. The smallest absolute Gasteiger partial charge is 0.328 e. The molecule has 1 aromatic carbocycles. The van der Waals surface area contributed by atoms with Gasteiger partial charge in [0.05, 0.1) is 6.61 Å². The van der Waals surface area contributed by atoms with E-state index in [4.69, 9.17) is 9.26 Å². The topological polar surface area (TPSA) is 118 Å². The highest BCUT2D eigenvalue weighted by Crippen LogP contribution is 2.20. The molecule has 32 heavy (non-hydrogen) atoms. The number of nitrogens with one attached hydrogen (secondary N) is 1. The van der Waals surface area contributed by atoms with Crippen molar-refractivity contribution in [3.8, 4) is 11.5 Å². The van der Waals surface area contributed by atoms with Gasteiger partial charge in [-0.05, 0) is 51.0 Å². The number of carbonyl (C=O) groups excluding carboxylic acids is 3. The van der Waals surface area contributed by atoms with Crippen LogP contribution in [0.3, 0.4) is 0 Å². The lowest BCUT2D eigenvalue weighted by atomic mass is 10.1. The average Bonchev–Trinajstić information content (AvgIpc) is 3.49. The number of hydrogen-bond acceptors (Lipinski definition) is 7. The molecule has 3 rings (SSSR count). The third-order valence-corrected chi connectivity index (χ3v) is 5.24. The van der Waals surface area contributed by atoms with Crippen molar-refractivity contribution < 1.29 is 23.6 Å². The molecule has 0 unspecified atom stereocenters. The Balaban J connectivity index is 1.51. The van der Waals surface area contributed by atoms with Crippen LogP contribution in [0.15, 0.2) is 28.8 Å². The maximum absolute atomic E-state index is 12.5. The molecule has 1 aromatic heterocycles. The van der Waals surface area contributed by atoms with E-state index in [9.17, 15) is 14.4 Å². The molecule has 2 aromatic rings. The van der Waals surface area contributed by atoms with Gasteiger partial charge < -0.3 is 24.4 Å². The molecule has 2 heterocycles. The van der Waals surface area contributed by atoms with Crippen LogP contribution in [-0.4, -0.2) is 77.2 Å². The van der Waals surface area contributed by atoms with Crippen LogP contribution < -0.4 is 5.32 Å². The van der Waals surface area contributed by atoms with Gasteiger partial charge in [0.25, 0.3) is 11.8 Å². The van der Waals surface area contributed by atoms with E-state index in [0.29, 0.717) is 30.2 Å². The van der Waals surface area contributed by atoms with Gasteiger partial charge in [-0.25, -0.2) is 9.59 Å². The van der Waals surface area contributed by atoms with Gasteiger partial charge in [0, 0.05) is 44.2 Å². The van der Waals surface area contributed by atoms with Gasteiger partial charge in [0.1, 0.15) is 6.04 Å². The summed E-state index contributed by atoms with van der Waals surface area (Å²) in [7, 11) is 1.62. The standard InChI is InChI=1S/C22H29N5O5/c1-4-31-21(29)15(2)23-22(30)26(3)14-11-18-24-19(32-25-18)16-7-9-17(10-8-16)20(28)27-12-5-6-13-27/h7-10,15H,4-6,11-14H2,1-3H3,(H,23,30)/t15-/m1/s1. The zero-order valence-corrected chi connectivity index (χ0v) is 18.7. The van der Waals surface area contributed by atoms with Crippen molar-refractivity contribution in [2.45, 2.75) is 39.2 Å². The second kappa shape index (κ2) is 10.7. The number of aromatic nitrogens is 2. The first-order valence-electron chi connectivity index (χ1n) is 10.8. The molecule has 0 radical (unpaired) electrons. The number of likely N-dealkylation sites (tertiary alicyclic amines) is 1. The summed E-state index contributed by atoms with van der Waals surface area (Å²) in [6.07, 6.45) is 2.48. The van der Waals surface area contributed by atoms with Crippen LogP contribution in [0.4, 0.5) is 4.79 Å². The number of likely N-dealkylation sites (N-methyl/N-ethyl adjacent to an activating group) is 1. The molecular weight excluding hydrogens is 414 g/mol. The Hall–Kier alpha value is -3.43. The van der Waals surface area contributed by atoms with Crippen molar-refractivity contribution in [3.05, 3.63) is 35.7 Å². The van der Waals surface area contributed by atoms with E-state index in [1.54, 1.807) is 45.2 Å². The highest BCUT2D eigenvalue weighted by Gasteiger charge is 2.21. The fraction of sp³-hybridized carbons (Fsp3) is 0.500. The Morgan fingerprint density at radius 2 is 1.91 bits per heavy atom. The molecule has 0 bridgehead atoms. The van der Waals surface area contributed by atoms with Gasteiger partial charge in [-0.15, -0.1) is 0 Å². The van der Waals surface area contributed by atoms with E-state index in [0.717, 1.165) is 31.5 Å². The minimum Gasteiger partial charge on any atom is -0.464 e. The average molecular weight is 444 g/mol. The summed E-state index contributed by atoms with van der Waals surface area (Å²) in [6.45, 7) is 5.49. The lowest BCUT2D eigenvalue weighted by Gasteiger charge is -2.19. The highest BCUT2D eigenvalue weighted by atomic mass is 16.5. The summed E-state index contributed by atoms with van der Waals surface area (Å²) < 4.78 is 10.2. The molecule has 0 spiro atoms. The number of rotatable bonds is 8. The second-order valence-corrected chi connectivity index (χ2v) is 7.69. The minimum atomic E-state index is -0.734. The van der Waals surface area contributed by atoms with E-state index >= 15 is 0 Å². The van der Waals surface area contributed by atoms with Crippen LogP contribution in [0, 0.1) is 0 Å². The first-order chi connectivity index (χ1) is 15.4. The predicted octanol–water partition coefficient (Wildman–Crippen LogP) is 2.11. The second-order valence-electron chi connectivity index (χ2n) is 7.69. The molecule has 1 N–H and O–H groups in total. The fourth-order valence-electron chi connectivity index (χ4n) is 3.32. The van der Waals surface area contributed by atoms with Crippen molar-refractivity contribution in [2.75, 3.05) is 33.3 Å². The summed E-state index contributed by atoms with van der Waals surface area (Å²) in [6, 6.07) is 5.98. The molecule has 0 aliphatic carbocycles. The van der Waals surface area contributed by atoms with Gasteiger partial charge >= 0.3 is 12.0 Å².